The highest BCUT2D eigenvalue weighted by molar-refractivity contribution is 9.10. The molecule has 0 amide bonds. The van der Waals surface area contributed by atoms with Crippen molar-refractivity contribution in [3.05, 3.63) is 39.1 Å². The number of hydrogen-bond acceptors (Lipinski definition) is 3. The number of imidazole rings is 2. The van der Waals surface area contributed by atoms with Gasteiger partial charge >= 0.3 is 5.69 Å². The van der Waals surface area contributed by atoms with E-state index in [0.717, 1.165) is 45.7 Å². The molecule has 6 nitrogen and oxygen atoms in total. The average Bonchev–Trinajstić information content (AvgIpc) is 2.97. The van der Waals surface area contributed by atoms with Crippen LogP contribution in [-0.2, 0) is 6.42 Å². The number of halogens is 1. The van der Waals surface area contributed by atoms with E-state index in [2.05, 4.69) is 41.2 Å². The molecular formula is C13H14BrN5O. The maximum absolute atomic E-state index is 11.3. The van der Waals surface area contributed by atoms with E-state index in [0.29, 0.717) is 0 Å². The van der Waals surface area contributed by atoms with Crippen molar-refractivity contribution in [1.29, 1.82) is 0 Å². The molecule has 7 heteroatoms. The van der Waals surface area contributed by atoms with Crippen molar-refractivity contribution >= 4 is 27.0 Å². The number of benzene rings is 1. The summed E-state index contributed by atoms with van der Waals surface area (Å²) in [7, 11) is 1.91. The van der Waals surface area contributed by atoms with Crippen LogP contribution in [-0.4, -0.2) is 33.5 Å². The highest BCUT2D eigenvalue weighted by Crippen LogP contribution is 2.27. The maximum atomic E-state index is 11.3. The van der Waals surface area contributed by atoms with Gasteiger partial charge in [0.25, 0.3) is 0 Å². The zero-order valence-electron chi connectivity index (χ0n) is 10.9. The van der Waals surface area contributed by atoms with Crippen LogP contribution in [0.4, 0.5) is 0 Å². The van der Waals surface area contributed by atoms with E-state index in [1.165, 1.54) is 0 Å². The molecule has 4 N–H and O–H groups in total. The van der Waals surface area contributed by atoms with Crippen LogP contribution in [0.2, 0.25) is 0 Å². The van der Waals surface area contributed by atoms with Crippen LogP contribution >= 0.6 is 15.9 Å². The molecular weight excluding hydrogens is 322 g/mol. The summed E-state index contributed by atoms with van der Waals surface area (Å²) < 4.78 is 0.848. The average molecular weight is 336 g/mol. The van der Waals surface area contributed by atoms with Gasteiger partial charge in [0, 0.05) is 18.5 Å². The van der Waals surface area contributed by atoms with E-state index in [4.69, 9.17) is 0 Å². The van der Waals surface area contributed by atoms with Crippen LogP contribution < -0.4 is 11.0 Å². The zero-order chi connectivity index (χ0) is 14.1. The maximum Gasteiger partial charge on any atom is 0.323 e. The van der Waals surface area contributed by atoms with Crippen molar-refractivity contribution in [3.63, 3.8) is 0 Å². The molecule has 104 valence electrons. The molecule has 0 aliphatic rings. The Morgan fingerprint density at radius 1 is 1.25 bits per heavy atom. The number of nitrogens with zero attached hydrogens (tertiary/aromatic N) is 1. The van der Waals surface area contributed by atoms with Crippen LogP contribution in [0.15, 0.2) is 27.6 Å². The molecule has 0 aliphatic heterocycles. The first-order chi connectivity index (χ1) is 9.67. The number of rotatable bonds is 4. The van der Waals surface area contributed by atoms with Gasteiger partial charge in [-0.1, -0.05) is 6.07 Å². The molecule has 0 spiro atoms. The summed E-state index contributed by atoms with van der Waals surface area (Å²) in [5, 5.41) is 3.09. The Hall–Kier alpha value is -1.86. The van der Waals surface area contributed by atoms with Crippen molar-refractivity contribution in [3.8, 4) is 11.3 Å². The predicted molar refractivity (Wildman–Crippen MR) is 81.8 cm³/mol. The Kier molecular flexibility index (Phi) is 3.45. The Labute approximate surface area is 123 Å². The van der Waals surface area contributed by atoms with Crippen LogP contribution in [0.3, 0.4) is 0 Å². The lowest BCUT2D eigenvalue weighted by Crippen LogP contribution is -2.11. The van der Waals surface area contributed by atoms with Crippen molar-refractivity contribution in [2.75, 3.05) is 13.6 Å². The van der Waals surface area contributed by atoms with Crippen LogP contribution in [0.1, 0.15) is 5.82 Å². The molecule has 20 heavy (non-hydrogen) atoms. The number of likely N-dealkylation sites (N-methyl/N-ethyl adjacent to an activating group) is 1. The second-order valence-electron chi connectivity index (χ2n) is 4.54. The summed E-state index contributed by atoms with van der Waals surface area (Å²) in [6, 6.07) is 5.72. The van der Waals surface area contributed by atoms with Crippen LogP contribution in [0, 0.1) is 0 Å². The number of hydrogen-bond donors (Lipinski definition) is 4. The minimum absolute atomic E-state index is 0.201. The smallest absolute Gasteiger partial charge is 0.323 e. The lowest BCUT2D eigenvalue weighted by Gasteiger charge is -1.98. The summed E-state index contributed by atoms with van der Waals surface area (Å²) in [6.45, 7) is 0.865. The number of fused-ring (bicyclic) bond motifs is 1. The van der Waals surface area contributed by atoms with Crippen molar-refractivity contribution in [2.45, 2.75) is 6.42 Å². The minimum atomic E-state index is -0.201. The van der Waals surface area contributed by atoms with Gasteiger partial charge in [-0.2, -0.15) is 0 Å². The molecule has 2 aromatic heterocycles. The fourth-order valence-electron chi connectivity index (χ4n) is 2.13. The SMILES string of the molecule is CNCCc1nc(-c2ccc3[nH]c(=O)[nH]c3c2)c(Br)[nH]1. The molecule has 0 unspecified atom stereocenters. The number of nitrogens with one attached hydrogen (secondary N) is 4. The lowest BCUT2D eigenvalue weighted by atomic mass is 10.1. The normalized spacial score (nSPS) is 11.3. The first-order valence-corrected chi connectivity index (χ1v) is 7.08. The minimum Gasteiger partial charge on any atom is -0.336 e. The van der Waals surface area contributed by atoms with Crippen molar-refractivity contribution < 1.29 is 0 Å². The first-order valence-electron chi connectivity index (χ1n) is 6.29. The van der Waals surface area contributed by atoms with E-state index >= 15 is 0 Å². The van der Waals surface area contributed by atoms with Gasteiger partial charge in [-0.3, -0.25) is 0 Å². The Morgan fingerprint density at radius 3 is 2.85 bits per heavy atom. The Bertz CT molecular complexity index is 801. The van der Waals surface area contributed by atoms with Gasteiger partial charge in [-0.25, -0.2) is 9.78 Å². The largest absolute Gasteiger partial charge is 0.336 e. The molecule has 3 rings (SSSR count). The first kappa shape index (κ1) is 13.1. The molecule has 0 saturated carbocycles. The zero-order valence-corrected chi connectivity index (χ0v) is 12.5. The summed E-state index contributed by atoms with van der Waals surface area (Å²) in [4.78, 5) is 24.6. The van der Waals surface area contributed by atoms with Crippen molar-refractivity contribution in [1.82, 2.24) is 25.3 Å². The molecule has 0 fully saturated rings. The predicted octanol–water partition coefficient (Wildman–Crippen LogP) is 1.77. The fourth-order valence-corrected chi connectivity index (χ4v) is 2.68. The quantitative estimate of drug-likeness (QED) is 0.585. The summed E-state index contributed by atoms with van der Waals surface area (Å²) in [6.07, 6.45) is 0.832. The van der Waals surface area contributed by atoms with E-state index in [1.807, 2.05) is 25.2 Å². The topological polar surface area (TPSA) is 89.4 Å². The molecule has 1 aromatic carbocycles. The van der Waals surface area contributed by atoms with Gasteiger partial charge in [0.05, 0.1) is 11.0 Å². The Morgan fingerprint density at radius 2 is 2.05 bits per heavy atom. The molecule has 0 atom stereocenters. The summed E-state index contributed by atoms with van der Waals surface area (Å²) in [5.74, 6) is 0.920. The molecule has 2 heterocycles. The van der Waals surface area contributed by atoms with Gasteiger partial charge in [0.15, 0.2) is 0 Å². The number of aromatic amines is 3. The van der Waals surface area contributed by atoms with Crippen molar-refractivity contribution in [2.24, 2.45) is 0 Å². The number of H-pyrrole nitrogens is 3. The third kappa shape index (κ3) is 2.41. The van der Waals surface area contributed by atoms with Gasteiger partial charge in [0.1, 0.15) is 16.1 Å². The standard InChI is InChI=1S/C13H14BrN5O/c1-15-5-4-10-18-11(12(14)19-10)7-2-3-8-9(6-7)17-13(20)16-8/h2-3,6,15H,4-5H2,1H3,(H,18,19)(H2,16,17,20). The Balaban J connectivity index is 2.01. The fraction of sp³-hybridized carbons (Fsp3) is 0.231. The van der Waals surface area contributed by atoms with Gasteiger partial charge in [0.2, 0.25) is 0 Å². The van der Waals surface area contributed by atoms with E-state index in [-0.39, 0.29) is 5.69 Å². The van der Waals surface area contributed by atoms with Gasteiger partial charge < -0.3 is 20.3 Å². The second kappa shape index (κ2) is 5.26. The summed E-state index contributed by atoms with van der Waals surface area (Å²) >= 11 is 3.50. The molecule has 0 radical (unpaired) electrons. The highest BCUT2D eigenvalue weighted by Gasteiger charge is 2.11. The molecule has 3 aromatic rings. The van der Waals surface area contributed by atoms with Crippen LogP contribution in [0.5, 0.6) is 0 Å². The third-order valence-electron chi connectivity index (χ3n) is 3.11. The monoisotopic (exact) mass is 335 g/mol. The van der Waals surface area contributed by atoms with E-state index in [1.54, 1.807) is 0 Å². The second-order valence-corrected chi connectivity index (χ2v) is 5.33. The van der Waals surface area contributed by atoms with E-state index in [9.17, 15) is 4.79 Å². The van der Waals surface area contributed by atoms with E-state index < -0.39 is 0 Å². The molecule has 0 bridgehead atoms. The molecule has 0 aliphatic carbocycles. The van der Waals surface area contributed by atoms with Gasteiger partial charge in [-0.15, -0.1) is 0 Å². The van der Waals surface area contributed by atoms with Crippen LogP contribution in [0.25, 0.3) is 22.3 Å². The highest BCUT2D eigenvalue weighted by atomic mass is 79.9. The molecule has 0 saturated heterocycles. The summed E-state index contributed by atoms with van der Waals surface area (Å²) in [5.41, 5.74) is 3.17. The third-order valence-corrected chi connectivity index (χ3v) is 3.68. The number of aromatic nitrogens is 4. The van der Waals surface area contributed by atoms with Gasteiger partial charge in [-0.05, 0) is 35.1 Å². The lowest BCUT2D eigenvalue weighted by molar-refractivity contribution is 0.764.